The van der Waals surface area contributed by atoms with Gasteiger partial charge in [0.05, 0.1) is 10.9 Å². The van der Waals surface area contributed by atoms with Gasteiger partial charge in [-0.3, -0.25) is 9.59 Å². The lowest BCUT2D eigenvalue weighted by molar-refractivity contribution is 0.0780. The highest BCUT2D eigenvalue weighted by Gasteiger charge is 2.20. The fraction of sp³-hybridized carbons (Fsp3) is 0.333. The van der Waals surface area contributed by atoms with Crippen LogP contribution in [0.5, 0.6) is 0 Å². The van der Waals surface area contributed by atoms with Crippen molar-refractivity contribution in [2.24, 2.45) is 0 Å². The van der Waals surface area contributed by atoms with Crippen molar-refractivity contribution in [2.45, 2.75) is 20.8 Å². The fourth-order valence-corrected chi connectivity index (χ4v) is 3.48. The molecule has 1 aromatic heterocycles. The van der Waals surface area contributed by atoms with Gasteiger partial charge < -0.3 is 14.2 Å². The molecule has 3 rings (SSSR count). The van der Waals surface area contributed by atoms with Crippen molar-refractivity contribution in [2.75, 3.05) is 33.2 Å². The van der Waals surface area contributed by atoms with Gasteiger partial charge in [0.2, 0.25) is 0 Å². The summed E-state index contributed by atoms with van der Waals surface area (Å²) in [6, 6.07) is 14.7. The Morgan fingerprint density at radius 1 is 0.966 bits per heavy atom. The molecule has 1 heterocycles. The molecule has 0 saturated carbocycles. The van der Waals surface area contributed by atoms with Crippen LogP contribution in [0, 0.1) is 6.92 Å². The van der Waals surface area contributed by atoms with E-state index in [0.29, 0.717) is 34.4 Å². The molecule has 5 heteroatoms. The first-order valence-corrected chi connectivity index (χ1v) is 10.1. The highest BCUT2D eigenvalue weighted by Crippen LogP contribution is 2.27. The molecular formula is C24H28N2O3. The SMILES string of the molecule is CCN(CC)CCN(C)C(=O)c1cccc2c(=O)c(C)c(-c3ccccc3)oc12. The summed E-state index contributed by atoms with van der Waals surface area (Å²) >= 11 is 0. The van der Waals surface area contributed by atoms with Gasteiger partial charge in [0, 0.05) is 31.3 Å². The molecule has 2 aromatic carbocycles. The summed E-state index contributed by atoms with van der Waals surface area (Å²) in [6.45, 7) is 9.29. The maximum Gasteiger partial charge on any atom is 0.257 e. The maximum atomic E-state index is 13.1. The number of para-hydroxylation sites is 1. The molecule has 152 valence electrons. The number of likely N-dealkylation sites (N-methyl/N-ethyl adjacent to an activating group) is 2. The Bertz CT molecular complexity index is 1050. The third-order valence-corrected chi connectivity index (χ3v) is 5.40. The summed E-state index contributed by atoms with van der Waals surface area (Å²) in [5, 5.41) is 0.435. The van der Waals surface area contributed by atoms with E-state index in [9.17, 15) is 9.59 Å². The largest absolute Gasteiger partial charge is 0.455 e. The summed E-state index contributed by atoms with van der Waals surface area (Å²) in [4.78, 5) is 30.1. The normalized spacial score (nSPS) is 11.2. The van der Waals surface area contributed by atoms with Crippen LogP contribution in [-0.4, -0.2) is 48.9 Å². The van der Waals surface area contributed by atoms with E-state index in [1.165, 1.54) is 0 Å². The van der Waals surface area contributed by atoms with Crippen molar-refractivity contribution in [1.82, 2.24) is 9.80 Å². The van der Waals surface area contributed by atoms with Gasteiger partial charge in [-0.1, -0.05) is 50.2 Å². The van der Waals surface area contributed by atoms with Crippen LogP contribution in [0.1, 0.15) is 29.8 Å². The van der Waals surface area contributed by atoms with Gasteiger partial charge in [0.15, 0.2) is 11.0 Å². The number of hydrogen-bond acceptors (Lipinski definition) is 4. The second-order valence-corrected chi connectivity index (χ2v) is 7.19. The fourth-order valence-electron chi connectivity index (χ4n) is 3.48. The summed E-state index contributed by atoms with van der Waals surface area (Å²) < 4.78 is 6.17. The Balaban J connectivity index is 2.04. The number of benzene rings is 2. The first kappa shape index (κ1) is 20.8. The molecule has 0 saturated heterocycles. The minimum absolute atomic E-state index is 0.106. The molecule has 5 nitrogen and oxygen atoms in total. The van der Waals surface area contributed by atoms with Crippen LogP contribution in [0.2, 0.25) is 0 Å². The van der Waals surface area contributed by atoms with Gasteiger partial charge in [-0.2, -0.15) is 0 Å². The topological polar surface area (TPSA) is 53.8 Å². The molecule has 0 unspecified atom stereocenters. The number of carbonyl (C=O) groups is 1. The molecule has 0 atom stereocenters. The van der Waals surface area contributed by atoms with Crippen molar-refractivity contribution in [3.8, 4) is 11.3 Å². The van der Waals surface area contributed by atoms with Gasteiger partial charge in [0.1, 0.15) is 5.76 Å². The van der Waals surface area contributed by atoms with Crippen LogP contribution in [0.25, 0.3) is 22.3 Å². The van der Waals surface area contributed by atoms with Crippen LogP contribution in [0.4, 0.5) is 0 Å². The third kappa shape index (κ3) is 4.25. The molecular weight excluding hydrogens is 364 g/mol. The molecule has 0 aliphatic heterocycles. The lowest BCUT2D eigenvalue weighted by atomic mass is 10.0. The second kappa shape index (κ2) is 9.05. The van der Waals surface area contributed by atoms with E-state index >= 15 is 0 Å². The predicted molar refractivity (Wildman–Crippen MR) is 117 cm³/mol. The minimum atomic E-state index is -0.145. The molecule has 0 radical (unpaired) electrons. The van der Waals surface area contributed by atoms with Crippen molar-refractivity contribution in [3.63, 3.8) is 0 Å². The van der Waals surface area contributed by atoms with Crippen molar-refractivity contribution >= 4 is 16.9 Å². The molecule has 29 heavy (non-hydrogen) atoms. The minimum Gasteiger partial charge on any atom is -0.455 e. The Morgan fingerprint density at radius 2 is 1.66 bits per heavy atom. The molecule has 0 fully saturated rings. The van der Waals surface area contributed by atoms with Crippen LogP contribution >= 0.6 is 0 Å². The lowest BCUT2D eigenvalue weighted by Crippen LogP contribution is -2.36. The number of fused-ring (bicyclic) bond motifs is 1. The Labute approximate surface area is 171 Å². The second-order valence-electron chi connectivity index (χ2n) is 7.19. The van der Waals surface area contributed by atoms with Crippen molar-refractivity contribution in [3.05, 3.63) is 69.9 Å². The molecule has 1 amide bonds. The first-order chi connectivity index (χ1) is 14.0. The van der Waals surface area contributed by atoms with E-state index in [0.717, 1.165) is 25.2 Å². The zero-order valence-corrected chi connectivity index (χ0v) is 17.6. The standard InChI is InChI=1S/C24H28N2O3/c1-5-26(6-2)16-15-25(4)24(28)20-14-10-13-19-21(27)17(3)22(29-23(19)20)18-11-8-7-9-12-18/h7-14H,5-6,15-16H2,1-4H3. The van der Waals surface area contributed by atoms with E-state index in [1.54, 1.807) is 37.1 Å². The molecule has 0 N–H and O–H groups in total. The highest BCUT2D eigenvalue weighted by atomic mass is 16.3. The molecule has 0 aliphatic carbocycles. The molecule has 0 bridgehead atoms. The maximum absolute atomic E-state index is 13.1. The summed E-state index contributed by atoms with van der Waals surface area (Å²) in [5.41, 5.74) is 2.02. The van der Waals surface area contributed by atoms with E-state index in [4.69, 9.17) is 4.42 Å². The number of hydrogen-bond donors (Lipinski definition) is 0. The van der Waals surface area contributed by atoms with Gasteiger partial charge in [-0.15, -0.1) is 0 Å². The van der Waals surface area contributed by atoms with Gasteiger partial charge >= 0.3 is 0 Å². The van der Waals surface area contributed by atoms with Crippen LogP contribution in [0.15, 0.2) is 57.7 Å². The first-order valence-electron chi connectivity index (χ1n) is 10.1. The van der Waals surface area contributed by atoms with Crippen molar-refractivity contribution in [1.29, 1.82) is 0 Å². The summed E-state index contributed by atoms with van der Waals surface area (Å²) in [6.07, 6.45) is 0. The van der Waals surface area contributed by atoms with E-state index in [1.807, 2.05) is 30.3 Å². The molecule has 0 aliphatic rings. The van der Waals surface area contributed by atoms with Gasteiger partial charge in [-0.05, 0) is 32.1 Å². The number of rotatable bonds is 7. The Morgan fingerprint density at radius 3 is 2.31 bits per heavy atom. The van der Waals surface area contributed by atoms with Crippen LogP contribution in [0.3, 0.4) is 0 Å². The number of amides is 1. The number of nitrogens with zero attached hydrogens (tertiary/aromatic N) is 2. The van der Waals surface area contributed by atoms with Gasteiger partial charge in [-0.25, -0.2) is 0 Å². The van der Waals surface area contributed by atoms with E-state index in [2.05, 4.69) is 18.7 Å². The zero-order chi connectivity index (χ0) is 21.0. The predicted octanol–water partition coefficient (Wildman–Crippen LogP) is 4.18. The summed E-state index contributed by atoms with van der Waals surface area (Å²) in [7, 11) is 1.79. The zero-order valence-electron chi connectivity index (χ0n) is 17.6. The monoisotopic (exact) mass is 392 g/mol. The smallest absolute Gasteiger partial charge is 0.257 e. The van der Waals surface area contributed by atoms with E-state index in [-0.39, 0.29) is 11.3 Å². The third-order valence-electron chi connectivity index (χ3n) is 5.40. The quantitative estimate of drug-likeness (QED) is 0.605. The van der Waals surface area contributed by atoms with E-state index < -0.39 is 0 Å². The Kier molecular flexibility index (Phi) is 6.49. The molecule has 3 aromatic rings. The van der Waals surface area contributed by atoms with Gasteiger partial charge in [0.25, 0.3) is 5.91 Å². The average Bonchev–Trinajstić information content (AvgIpc) is 2.76. The van der Waals surface area contributed by atoms with Crippen LogP contribution < -0.4 is 5.43 Å². The van der Waals surface area contributed by atoms with Crippen molar-refractivity contribution < 1.29 is 9.21 Å². The molecule has 0 spiro atoms. The highest BCUT2D eigenvalue weighted by molar-refractivity contribution is 6.05. The van der Waals surface area contributed by atoms with Crippen LogP contribution in [-0.2, 0) is 0 Å². The average molecular weight is 392 g/mol. The lowest BCUT2D eigenvalue weighted by Gasteiger charge is -2.23. The Hall–Kier alpha value is -2.92. The summed E-state index contributed by atoms with van der Waals surface area (Å²) in [5.74, 6) is 0.364. The number of carbonyl (C=O) groups excluding carboxylic acids is 1.